The summed E-state index contributed by atoms with van der Waals surface area (Å²) >= 11 is 0. The van der Waals surface area contributed by atoms with Crippen LogP contribution in [0.15, 0.2) is 41.3 Å². The molecule has 152 valence electrons. The van der Waals surface area contributed by atoms with Crippen LogP contribution in [0.2, 0.25) is 0 Å². The fourth-order valence-electron chi connectivity index (χ4n) is 3.87. The quantitative estimate of drug-likeness (QED) is 0.715. The van der Waals surface area contributed by atoms with E-state index in [1.165, 1.54) is 6.39 Å². The van der Waals surface area contributed by atoms with Crippen molar-refractivity contribution in [2.45, 2.75) is 37.8 Å². The highest BCUT2D eigenvalue weighted by molar-refractivity contribution is 5.94. The molecule has 8 nitrogen and oxygen atoms in total. The molecule has 8 heteroatoms. The number of carbonyl (C=O) groups is 3. The number of rotatable bonds is 7. The van der Waals surface area contributed by atoms with Crippen molar-refractivity contribution in [2.75, 3.05) is 19.7 Å². The molecule has 1 N–H and O–H groups in total. The first-order valence-corrected chi connectivity index (χ1v) is 9.84. The van der Waals surface area contributed by atoms with Gasteiger partial charge in [0.2, 0.25) is 5.91 Å². The number of Topliss-reactive ketones (excluding diaryl/α,β-unsaturated/α-hetero) is 1. The van der Waals surface area contributed by atoms with Gasteiger partial charge in [-0.2, -0.15) is 0 Å². The minimum Gasteiger partial charge on any atom is -0.444 e. The van der Waals surface area contributed by atoms with Gasteiger partial charge in [-0.1, -0.05) is 12.1 Å². The Labute approximate surface area is 168 Å². The molecule has 2 fully saturated rings. The first-order valence-electron chi connectivity index (χ1n) is 9.84. The number of fused-ring (bicyclic) bond motifs is 1. The molecule has 0 radical (unpaired) electrons. The van der Waals surface area contributed by atoms with Crippen molar-refractivity contribution in [3.8, 4) is 11.3 Å². The molecule has 2 saturated heterocycles. The van der Waals surface area contributed by atoms with Gasteiger partial charge in [0.1, 0.15) is 12.6 Å². The lowest BCUT2D eigenvalue weighted by Gasteiger charge is -2.21. The Morgan fingerprint density at radius 3 is 2.79 bits per heavy atom. The molecule has 0 spiro atoms. The fourth-order valence-corrected chi connectivity index (χ4v) is 3.87. The van der Waals surface area contributed by atoms with Crippen molar-refractivity contribution in [2.24, 2.45) is 0 Å². The minimum absolute atomic E-state index is 0.00226. The SMILES string of the molecule is O=C(NCCCCC(=O)N1CCC2OCC(=O)C21)c1ccc(-c2cnco2)cc1. The van der Waals surface area contributed by atoms with Gasteiger partial charge in [-0.05, 0) is 31.4 Å². The van der Waals surface area contributed by atoms with Gasteiger partial charge >= 0.3 is 0 Å². The number of likely N-dealkylation sites (tertiary alicyclic amines) is 1. The lowest BCUT2D eigenvalue weighted by atomic mass is 10.1. The highest BCUT2D eigenvalue weighted by Crippen LogP contribution is 2.27. The van der Waals surface area contributed by atoms with E-state index in [2.05, 4.69) is 10.3 Å². The number of oxazole rings is 1. The second-order valence-electron chi connectivity index (χ2n) is 7.29. The maximum absolute atomic E-state index is 12.4. The standard InChI is InChI=1S/C21H23N3O5/c25-16-12-28-17-8-10-24(20(16)17)19(26)3-1-2-9-23-21(27)15-6-4-14(5-7-15)18-11-22-13-29-18/h4-7,11,13,17,20H,1-3,8-10,12H2,(H,23,27). The first kappa shape index (κ1) is 19.3. The van der Waals surface area contributed by atoms with Crippen LogP contribution in [-0.4, -0.2) is 59.3 Å². The molecule has 29 heavy (non-hydrogen) atoms. The molecule has 0 saturated carbocycles. The topological polar surface area (TPSA) is 102 Å². The number of nitrogens with one attached hydrogen (secondary N) is 1. The third-order valence-corrected chi connectivity index (χ3v) is 5.40. The van der Waals surface area contributed by atoms with Crippen molar-refractivity contribution >= 4 is 17.6 Å². The van der Waals surface area contributed by atoms with E-state index in [9.17, 15) is 14.4 Å². The average Bonchev–Trinajstić information content (AvgIpc) is 3.47. The lowest BCUT2D eigenvalue weighted by molar-refractivity contribution is -0.136. The first-order chi connectivity index (χ1) is 14.1. The summed E-state index contributed by atoms with van der Waals surface area (Å²) in [6, 6.07) is 6.71. The maximum atomic E-state index is 12.4. The number of ketones is 1. The predicted molar refractivity (Wildman–Crippen MR) is 103 cm³/mol. The third-order valence-electron chi connectivity index (χ3n) is 5.40. The molecule has 2 unspecified atom stereocenters. The predicted octanol–water partition coefficient (Wildman–Crippen LogP) is 1.81. The van der Waals surface area contributed by atoms with Gasteiger partial charge in [-0.25, -0.2) is 4.98 Å². The number of unbranched alkanes of at least 4 members (excludes halogenated alkanes) is 1. The van der Waals surface area contributed by atoms with Gasteiger partial charge in [0, 0.05) is 30.6 Å². The van der Waals surface area contributed by atoms with Crippen molar-refractivity contribution in [1.29, 1.82) is 0 Å². The molecule has 2 amide bonds. The number of nitrogens with zero attached hydrogens (tertiary/aromatic N) is 2. The molecule has 2 aliphatic heterocycles. The average molecular weight is 397 g/mol. The molecular weight excluding hydrogens is 374 g/mol. The van der Waals surface area contributed by atoms with Crippen LogP contribution >= 0.6 is 0 Å². The number of amides is 2. The zero-order valence-corrected chi connectivity index (χ0v) is 16.0. The van der Waals surface area contributed by atoms with E-state index in [1.54, 1.807) is 23.2 Å². The molecule has 2 aliphatic rings. The molecule has 0 aliphatic carbocycles. The maximum Gasteiger partial charge on any atom is 0.251 e. The zero-order valence-electron chi connectivity index (χ0n) is 16.0. The molecule has 1 aromatic heterocycles. The van der Waals surface area contributed by atoms with Crippen molar-refractivity contribution in [3.63, 3.8) is 0 Å². The Balaban J connectivity index is 1.17. The summed E-state index contributed by atoms with van der Waals surface area (Å²) in [7, 11) is 0. The minimum atomic E-state index is -0.387. The molecule has 3 heterocycles. The molecule has 0 bridgehead atoms. The van der Waals surface area contributed by atoms with Crippen LogP contribution in [0.5, 0.6) is 0 Å². The van der Waals surface area contributed by atoms with Gasteiger partial charge in [0.15, 0.2) is 17.9 Å². The van der Waals surface area contributed by atoms with E-state index >= 15 is 0 Å². The second-order valence-corrected chi connectivity index (χ2v) is 7.29. The summed E-state index contributed by atoms with van der Waals surface area (Å²) in [6.07, 6.45) is 5.32. The van der Waals surface area contributed by atoms with E-state index in [1.807, 2.05) is 12.1 Å². The number of ether oxygens (including phenoxy) is 1. The fraction of sp³-hybridized carbons (Fsp3) is 0.429. The number of carbonyl (C=O) groups excluding carboxylic acids is 3. The van der Waals surface area contributed by atoms with Crippen LogP contribution in [0.3, 0.4) is 0 Å². The van der Waals surface area contributed by atoms with Crippen molar-refractivity contribution < 1.29 is 23.5 Å². The highest BCUT2D eigenvalue weighted by Gasteiger charge is 2.46. The van der Waals surface area contributed by atoms with Crippen LogP contribution in [0.4, 0.5) is 0 Å². The van der Waals surface area contributed by atoms with Gasteiger partial charge in [0.25, 0.3) is 5.91 Å². The van der Waals surface area contributed by atoms with Crippen LogP contribution in [0.25, 0.3) is 11.3 Å². The summed E-state index contributed by atoms with van der Waals surface area (Å²) in [4.78, 5) is 42.0. The largest absolute Gasteiger partial charge is 0.444 e. The Morgan fingerprint density at radius 2 is 2.03 bits per heavy atom. The lowest BCUT2D eigenvalue weighted by Crippen LogP contribution is -2.41. The van der Waals surface area contributed by atoms with E-state index < -0.39 is 0 Å². The number of aromatic nitrogens is 1. The summed E-state index contributed by atoms with van der Waals surface area (Å²) in [5.41, 5.74) is 1.42. The Kier molecular flexibility index (Phi) is 5.71. The third kappa shape index (κ3) is 4.22. The van der Waals surface area contributed by atoms with E-state index in [0.29, 0.717) is 43.7 Å². The second kappa shape index (κ2) is 8.57. The summed E-state index contributed by atoms with van der Waals surface area (Å²) < 4.78 is 10.6. The highest BCUT2D eigenvalue weighted by atomic mass is 16.5. The summed E-state index contributed by atoms with van der Waals surface area (Å²) in [5, 5.41) is 2.87. The molecule has 2 aromatic rings. The Bertz CT molecular complexity index is 878. The number of hydrogen-bond acceptors (Lipinski definition) is 6. The van der Waals surface area contributed by atoms with Crippen LogP contribution in [0.1, 0.15) is 36.0 Å². The molecular formula is C21H23N3O5. The van der Waals surface area contributed by atoms with Gasteiger partial charge in [0.05, 0.1) is 12.3 Å². The Morgan fingerprint density at radius 1 is 1.21 bits per heavy atom. The van der Waals surface area contributed by atoms with Gasteiger partial charge < -0.3 is 19.4 Å². The Hall–Kier alpha value is -3.00. The van der Waals surface area contributed by atoms with Crippen LogP contribution in [-0.2, 0) is 14.3 Å². The molecule has 1 aromatic carbocycles. The zero-order chi connectivity index (χ0) is 20.2. The normalized spacial score (nSPS) is 20.7. The van der Waals surface area contributed by atoms with Gasteiger partial charge in [-0.15, -0.1) is 0 Å². The van der Waals surface area contributed by atoms with Crippen molar-refractivity contribution in [1.82, 2.24) is 15.2 Å². The summed E-state index contributed by atoms with van der Waals surface area (Å²) in [5.74, 6) is 0.487. The van der Waals surface area contributed by atoms with E-state index in [4.69, 9.17) is 9.15 Å². The van der Waals surface area contributed by atoms with Crippen molar-refractivity contribution in [3.05, 3.63) is 42.4 Å². The van der Waals surface area contributed by atoms with E-state index in [-0.39, 0.29) is 36.4 Å². The number of benzene rings is 1. The molecule has 2 atom stereocenters. The summed E-state index contributed by atoms with van der Waals surface area (Å²) in [6.45, 7) is 1.19. The molecule has 4 rings (SSSR count). The number of hydrogen-bond donors (Lipinski definition) is 1. The monoisotopic (exact) mass is 397 g/mol. The van der Waals surface area contributed by atoms with Crippen LogP contribution in [0, 0.1) is 0 Å². The van der Waals surface area contributed by atoms with E-state index in [0.717, 1.165) is 12.0 Å². The smallest absolute Gasteiger partial charge is 0.251 e. The van der Waals surface area contributed by atoms with Crippen LogP contribution < -0.4 is 5.32 Å². The van der Waals surface area contributed by atoms with Gasteiger partial charge in [-0.3, -0.25) is 14.4 Å².